The van der Waals surface area contributed by atoms with Gasteiger partial charge in [0, 0.05) is 33.1 Å². The average molecular weight is 744 g/mol. The molecule has 58 heavy (non-hydrogen) atoms. The molecule has 276 valence electrons. The maximum absolute atomic E-state index is 5.09. The van der Waals surface area contributed by atoms with Gasteiger partial charge in [0.15, 0.2) is 5.84 Å². The van der Waals surface area contributed by atoms with Crippen LogP contribution in [0.3, 0.4) is 0 Å². The Balaban J connectivity index is 1.03. The molecule has 0 N–H and O–H groups in total. The molecule has 0 bridgehead atoms. The van der Waals surface area contributed by atoms with Crippen LogP contribution in [0.15, 0.2) is 217 Å². The fourth-order valence-corrected chi connectivity index (χ4v) is 8.81. The Labute approximate surface area is 339 Å². The highest BCUT2D eigenvalue weighted by Crippen LogP contribution is 2.54. The van der Waals surface area contributed by atoms with Crippen LogP contribution >= 0.6 is 0 Å². The van der Waals surface area contributed by atoms with Crippen LogP contribution in [0.1, 0.15) is 47.2 Å². The first kappa shape index (κ1) is 35.1. The molecular formula is C55H41N3. The number of amidine groups is 1. The van der Waals surface area contributed by atoms with Crippen LogP contribution in [0.5, 0.6) is 0 Å². The van der Waals surface area contributed by atoms with Gasteiger partial charge in [0.1, 0.15) is 0 Å². The van der Waals surface area contributed by atoms with E-state index in [4.69, 9.17) is 9.98 Å². The van der Waals surface area contributed by atoms with Crippen LogP contribution in [0.25, 0.3) is 55.4 Å². The van der Waals surface area contributed by atoms with Crippen molar-refractivity contribution in [3.8, 4) is 27.9 Å². The molecule has 9 aromatic rings. The predicted octanol–water partition coefficient (Wildman–Crippen LogP) is 13.7. The first-order chi connectivity index (χ1) is 28.5. The third-order valence-electron chi connectivity index (χ3n) is 11.9. The fraction of sp³-hybridized carbons (Fsp3) is 0.0545. The van der Waals surface area contributed by atoms with Gasteiger partial charge in [0.05, 0.1) is 16.7 Å². The molecule has 3 nitrogen and oxygen atoms in total. The van der Waals surface area contributed by atoms with Crippen molar-refractivity contribution in [2.75, 3.05) is 0 Å². The van der Waals surface area contributed by atoms with Gasteiger partial charge in [-0.1, -0.05) is 176 Å². The minimum absolute atomic E-state index is 0.263. The van der Waals surface area contributed by atoms with E-state index in [1.165, 1.54) is 60.8 Å². The van der Waals surface area contributed by atoms with Gasteiger partial charge >= 0.3 is 0 Å². The lowest BCUT2D eigenvalue weighted by molar-refractivity contribution is 0.715. The van der Waals surface area contributed by atoms with Crippen LogP contribution in [0.4, 0.5) is 0 Å². The largest absolute Gasteiger partial charge is 0.309 e. The first-order valence-corrected chi connectivity index (χ1v) is 19.9. The molecule has 10 rings (SSSR count). The second-order valence-corrected chi connectivity index (χ2v) is 15.2. The predicted molar refractivity (Wildman–Crippen MR) is 244 cm³/mol. The number of fused-ring (bicyclic) bond motifs is 6. The Morgan fingerprint density at radius 3 is 1.83 bits per heavy atom. The van der Waals surface area contributed by atoms with Crippen molar-refractivity contribution >= 4 is 39.1 Å². The summed E-state index contributed by atoms with van der Waals surface area (Å²) >= 11 is 0. The van der Waals surface area contributed by atoms with Crippen LogP contribution in [-0.2, 0) is 5.41 Å². The van der Waals surface area contributed by atoms with Crippen LogP contribution in [0, 0.1) is 0 Å². The molecule has 1 unspecified atom stereocenters. The van der Waals surface area contributed by atoms with Gasteiger partial charge < -0.3 is 4.57 Å². The number of benzene rings is 8. The topological polar surface area (TPSA) is 29.6 Å². The Hall–Kier alpha value is -7.36. The van der Waals surface area contributed by atoms with Gasteiger partial charge in [-0.15, -0.1) is 0 Å². The van der Waals surface area contributed by atoms with E-state index in [1.54, 1.807) is 0 Å². The summed E-state index contributed by atoms with van der Waals surface area (Å²) in [5.41, 5.74) is 16.6. The summed E-state index contributed by atoms with van der Waals surface area (Å²) in [5.74, 6) is 0.623. The number of hydrogen-bond donors (Lipinski definition) is 0. The normalized spacial score (nSPS) is 15.1. The third-order valence-corrected chi connectivity index (χ3v) is 11.9. The van der Waals surface area contributed by atoms with Gasteiger partial charge in [0.2, 0.25) is 0 Å². The van der Waals surface area contributed by atoms with Crippen LogP contribution in [-0.4, -0.2) is 16.1 Å². The zero-order valence-corrected chi connectivity index (χ0v) is 32.6. The van der Waals surface area contributed by atoms with E-state index >= 15 is 0 Å². The Kier molecular flexibility index (Phi) is 8.65. The summed E-state index contributed by atoms with van der Waals surface area (Å²) in [5, 5.41) is 2.48. The minimum atomic E-state index is -0.263. The van der Waals surface area contributed by atoms with Crippen LogP contribution in [0.2, 0.25) is 0 Å². The minimum Gasteiger partial charge on any atom is -0.309 e. The van der Waals surface area contributed by atoms with E-state index in [1.807, 2.05) is 43.3 Å². The number of para-hydroxylation sites is 1. The molecule has 1 aromatic heterocycles. The van der Waals surface area contributed by atoms with Crippen molar-refractivity contribution in [1.82, 2.24) is 4.57 Å². The van der Waals surface area contributed by atoms with Crippen LogP contribution < -0.4 is 0 Å². The number of nitrogens with zero attached hydrogens (tertiary/aromatic N) is 3. The summed E-state index contributed by atoms with van der Waals surface area (Å²) in [7, 11) is 0. The summed E-state index contributed by atoms with van der Waals surface area (Å²) < 4.78 is 2.40. The Bertz CT molecular complexity index is 3040. The van der Waals surface area contributed by atoms with Gasteiger partial charge in [0.25, 0.3) is 0 Å². The second-order valence-electron chi connectivity index (χ2n) is 15.2. The van der Waals surface area contributed by atoms with E-state index in [9.17, 15) is 0 Å². The molecule has 0 saturated heterocycles. The Morgan fingerprint density at radius 2 is 1.09 bits per heavy atom. The molecule has 1 aliphatic rings. The molecular weight excluding hydrogens is 703 g/mol. The van der Waals surface area contributed by atoms with Crippen molar-refractivity contribution in [3.05, 3.63) is 240 Å². The van der Waals surface area contributed by atoms with Gasteiger partial charge in [-0.25, -0.2) is 9.98 Å². The standard InChI is InChI=1S/C55H41N3/c1-37(39-27-29-42(30-28-39)41-17-7-4-8-18-41)56-54(43-19-9-5-10-20-43)57-38(2)40-31-33-45(34-32-40)58-52-26-16-14-24-47(52)49-35-51-48(36-53(49)58)46-23-13-15-25-50(46)55(51,3)44-21-11-6-12-22-44/h4-36H,2H2,1,3H3/b56-37+,57-54-. The fourth-order valence-electron chi connectivity index (χ4n) is 8.81. The maximum Gasteiger partial charge on any atom is 0.160 e. The SMILES string of the molecule is C=C(/N=C(\N=C(/C)c1ccc(-c2ccccc2)cc1)c1ccccc1)c1ccc(-n2c3ccccc3c3cc4c(cc32)-c2ccccc2C4(C)c2ccccc2)cc1. The van der Waals surface area contributed by atoms with Crippen molar-refractivity contribution in [1.29, 1.82) is 0 Å². The lowest BCUT2D eigenvalue weighted by Crippen LogP contribution is -2.22. The van der Waals surface area contributed by atoms with E-state index in [0.29, 0.717) is 11.5 Å². The van der Waals surface area contributed by atoms with Gasteiger partial charge in [-0.2, -0.15) is 0 Å². The summed E-state index contributed by atoms with van der Waals surface area (Å²) in [6.07, 6.45) is 0. The number of aliphatic imine (C=N–C) groups is 2. The highest BCUT2D eigenvalue weighted by atomic mass is 15.0. The average Bonchev–Trinajstić information content (AvgIpc) is 3.75. The monoisotopic (exact) mass is 743 g/mol. The molecule has 8 aromatic carbocycles. The van der Waals surface area contributed by atoms with Gasteiger partial charge in [-0.05, 0) is 94.3 Å². The van der Waals surface area contributed by atoms with E-state index in [-0.39, 0.29) is 5.41 Å². The number of rotatable bonds is 7. The summed E-state index contributed by atoms with van der Waals surface area (Å²) in [6.45, 7) is 8.86. The molecule has 0 saturated carbocycles. The maximum atomic E-state index is 5.09. The van der Waals surface area contributed by atoms with Crippen molar-refractivity contribution in [3.63, 3.8) is 0 Å². The smallest absolute Gasteiger partial charge is 0.160 e. The van der Waals surface area contributed by atoms with Crippen molar-refractivity contribution < 1.29 is 0 Å². The highest BCUT2D eigenvalue weighted by Gasteiger charge is 2.41. The number of aromatic nitrogens is 1. The zero-order valence-electron chi connectivity index (χ0n) is 32.6. The third kappa shape index (κ3) is 5.91. The molecule has 1 aliphatic carbocycles. The van der Waals surface area contributed by atoms with Crippen molar-refractivity contribution in [2.24, 2.45) is 9.98 Å². The lowest BCUT2D eigenvalue weighted by Gasteiger charge is -2.28. The molecule has 1 atom stereocenters. The molecule has 0 fully saturated rings. The first-order valence-electron chi connectivity index (χ1n) is 19.9. The van der Waals surface area contributed by atoms with E-state index in [2.05, 4.69) is 182 Å². The highest BCUT2D eigenvalue weighted by molar-refractivity contribution is 6.13. The quantitative estimate of drug-likeness (QED) is 0.115. The molecule has 1 heterocycles. The molecule has 0 aliphatic heterocycles. The number of hydrogen-bond acceptors (Lipinski definition) is 1. The second kappa shape index (κ2) is 14.3. The zero-order chi connectivity index (χ0) is 39.2. The van der Waals surface area contributed by atoms with Crippen molar-refractivity contribution in [2.45, 2.75) is 19.3 Å². The Morgan fingerprint density at radius 1 is 0.483 bits per heavy atom. The van der Waals surface area contributed by atoms with Gasteiger partial charge in [-0.3, -0.25) is 0 Å². The summed E-state index contributed by atoms with van der Waals surface area (Å²) in [6, 6.07) is 71.2. The molecule has 0 amide bonds. The molecule has 0 radical (unpaired) electrons. The molecule has 0 spiro atoms. The summed E-state index contributed by atoms with van der Waals surface area (Å²) in [4.78, 5) is 10.2. The lowest BCUT2D eigenvalue weighted by atomic mass is 9.74. The molecule has 3 heteroatoms. The van der Waals surface area contributed by atoms with E-state index < -0.39 is 0 Å². The van der Waals surface area contributed by atoms with E-state index in [0.717, 1.165) is 28.1 Å².